The number of ether oxygens (including phenoxy) is 3. The zero-order valence-corrected chi connectivity index (χ0v) is 31.1. The molecule has 3 N–H and O–H groups in total. The van der Waals surface area contributed by atoms with E-state index in [1.807, 2.05) is 30.3 Å². The van der Waals surface area contributed by atoms with Crippen LogP contribution >= 0.6 is 0 Å². The number of fused-ring (bicyclic) bond motifs is 1. The Morgan fingerprint density at radius 2 is 1.49 bits per heavy atom. The highest BCUT2D eigenvalue weighted by Crippen LogP contribution is 2.34. The number of hydrogen-bond donors (Lipinski definition) is 3. The van der Waals surface area contributed by atoms with Crippen LogP contribution in [-0.4, -0.2) is 153 Å². The predicted octanol–water partition coefficient (Wildman–Crippen LogP) is 2.20. The van der Waals surface area contributed by atoms with E-state index in [0.29, 0.717) is 76.8 Å². The summed E-state index contributed by atoms with van der Waals surface area (Å²) in [4.78, 5) is 72.9. The average Bonchev–Trinajstić information content (AvgIpc) is 3.44. The van der Waals surface area contributed by atoms with Crippen LogP contribution in [0.1, 0.15) is 57.9 Å². The fraction of sp³-hybridized carbons (Fsp3) is 0.500. The zero-order valence-electron chi connectivity index (χ0n) is 31.1. The van der Waals surface area contributed by atoms with Crippen LogP contribution in [0.25, 0.3) is 0 Å². The smallest absolute Gasteiger partial charge is 0.264 e. The number of aliphatic imine (C=N–C) groups is 1. The number of aliphatic hydroxyl groups is 1. The molecule has 294 valence electrons. The van der Waals surface area contributed by atoms with Crippen LogP contribution in [0.2, 0.25) is 0 Å². The van der Waals surface area contributed by atoms with E-state index >= 15 is 0 Å². The van der Waals surface area contributed by atoms with Gasteiger partial charge in [0.1, 0.15) is 11.8 Å². The van der Waals surface area contributed by atoms with Gasteiger partial charge in [-0.15, -0.1) is 0 Å². The van der Waals surface area contributed by atoms with Crippen molar-refractivity contribution in [2.24, 2.45) is 4.99 Å². The number of benzene rings is 2. The molecule has 4 aliphatic rings. The molecule has 3 heterocycles. The minimum absolute atomic E-state index is 0.00870. The third kappa shape index (κ3) is 10.5. The summed E-state index contributed by atoms with van der Waals surface area (Å²) in [5, 5.41) is 15.9. The normalized spacial score (nSPS) is 21.2. The summed E-state index contributed by atoms with van der Waals surface area (Å²) in [6.07, 6.45) is 2.57. The molecule has 2 unspecified atom stereocenters. The van der Waals surface area contributed by atoms with Gasteiger partial charge in [0, 0.05) is 77.0 Å². The second kappa shape index (κ2) is 19.7. The Labute approximate surface area is 320 Å². The molecule has 0 bridgehead atoms. The number of nitrogens with one attached hydrogen (secondary N) is 2. The SMILES string of the molecule is O=C1CCC(N2C(=O)c3cccc(NCCOCCOCCOCCN4CCN(CCN=CC5=C(O)CC(c6ccccc6)CC5=O)CC4)c3C2=O)C(=O)N1. The van der Waals surface area contributed by atoms with E-state index in [1.165, 1.54) is 0 Å². The Morgan fingerprint density at radius 3 is 2.20 bits per heavy atom. The molecule has 15 nitrogen and oxygen atoms in total. The topological polar surface area (TPSA) is 179 Å². The first-order valence-electron chi connectivity index (χ1n) is 19.1. The van der Waals surface area contributed by atoms with E-state index in [1.54, 1.807) is 24.4 Å². The fourth-order valence-corrected chi connectivity index (χ4v) is 7.26. The Morgan fingerprint density at radius 1 is 0.800 bits per heavy atom. The number of piperidine rings is 1. The Bertz CT molecular complexity index is 1760. The van der Waals surface area contributed by atoms with Gasteiger partial charge in [0.2, 0.25) is 11.8 Å². The summed E-state index contributed by atoms with van der Waals surface area (Å²) in [6.45, 7) is 9.11. The molecule has 3 aliphatic heterocycles. The van der Waals surface area contributed by atoms with E-state index in [2.05, 4.69) is 25.4 Å². The lowest BCUT2D eigenvalue weighted by atomic mass is 9.83. The summed E-state index contributed by atoms with van der Waals surface area (Å²) in [7, 11) is 0. The summed E-state index contributed by atoms with van der Waals surface area (Å²) in [6, 6.07) is 13.8. The second-order valence-electron chi connectivity index (χ2n) is 14.0. The molecule has 55 heavy (non-hydrogen) atoms. The monoisotopic (exact) mass is 758 g/mol. The van der Waals surface area contributed by atoms with Crippen LogP contribution in [-0.2, 0) is 28.6 Å². The number of carbonyl (C=O) groups is 5. The number of Topliss-reactive ketones (excluding diaryl/α,β-unsaturated/α-hetero) is 1. The van der Waals surface area contributed by atoms with Crippen molar-refractivity contribution in [2.75, 3.05) is 97.3 Å². The standard InChI is InChI=1S/C40H50N6O9/c47-34-25-29(28-5-2-1-3-6-28)26-35(48)31(34)27-41-11-13-44-14-16-45(17-15-44)18-20-54-22-24-55-23-21-53-19-12-42-32-8-4-7-30-37(32)40(52)46(39(30)51)33-9-10-36(49)43-38(33)50/h1-8,27,29,33,42,47H,9-26H2,(H,43,49,50). The number of piperazine rings is 1. The van der Waals surface area contributed by atoms with Crippen molar-refractivity contribution < 1.29 is 43.3 Å². The first-order chi connectivity index (χ1) is 26.8. The van der Waals surface area contributed by atoms with Gasteiger partial charge in [-0.1, -0.05) is 36.4 Å². The minimum Gasteiger partial charge on any atom is -0.511 e. The number of anilines is 1. The van der Waals surface area contributed by atoms with Crippen molar-refractivity contribution in [3.63, 3.8) is 0 Å². The van der Waals surface area contributed by atoms with Crippen LogP contribution in [0.5, 0.6) is 0 Å². The number of carbonyl (C=O) groups excluding carboxylic acids is 5. The number of aliphatic hydroxyl groups excluding tert-OH is 1. The maximum atomic E-state index is 13.2. The maximum Gasteiger partial charge on any atom is 0.264 e. The Balaban J connectivity index is 0.763. The van der Waals surface area contributed by atoms with Crippen molar-refractivity contribution in [1.82, 2.24) is 20.0 Å². The molecule has 2 atom stereocenters. The predicted molar refractivity (Wildman–Crippen MR) is 203 cm³/mol. The molecular formula is C40H50N6O9. The lowest BCUT2D eigenvalue weighted by Gasteiger charge is -2.34. The van der Waals surface area contributed by atoms with Gasteiger partial charge in [-0.25, -0.2) is 0 Å². The zero-order chi connectivity index (χ0) is 38.6. The van der Waals surface area contributed by atoms with E-state index in [-0.39, 0.29) is 41.4 Å². The molecule has 2 saturated heterocycles. The molecule has 2 aromatic rings. The first-order valence-corrected chi connectivity index (χ1v) is 19.1. The molecule has 0 saturated carbocycles. The molecule has 15 heteroatoms. The highest BCUT2D eigenvalue weighted by molar-refractivity contribution is 6.25. The lowest BCUT2D eigenvalue weighted by Crippen LogP contribution is -2.54. The van der Waals surface area contributed by atoms with E-state index in [4.69, 9.17) is 14.2 Å². The highest BCUT2D eigenvalue weighted by Gasteiger charge is 2.45. The summed E-state index contributed by atoms with van der Waals surface area (Å²) < 4.78 is 17.0. The third-order valence-corrected chi connectivity index (χ3v) is 10.3. The van der Waals surface area contributed by atoms with Crippen LogP contribution in [0, 0.1) is 0 Å². The molecule has 0 spiro atoms. The fourth-order valence-electron chi connectivity index (χ4n) is 7.26. The van der Waals surface area contributed by atoms with Gasteiger partial charge < -0.3 is 24.6 Å². The molecule has 4 amide bonds. The van der Waals surface area contributed by atoms with Gasteiger partial charge in [0.05, 0.1) is 62.9 Å². The molecule has 0 radical (unpaired) electrons. The number of imide groups is 2. The van der Waals surface area contributed by atoms with E-state index in [9.17, 15) is 29.1 Å². The van der Waals surface area contributed by atoms with E-state index < -0.39 is 29.7 Å². The molecule has 0 aromatic heterocycles. The van der Waals surface area contributed by atoms with Gasteiger partial charge >= 0.3 is 0 Å². The number of amides is 4. The largest absolute Gasteiger partial charge is 0.511 e. The van der Waals surface area contributed by atoms with Gasteiger partial charge in [-0.05, 0) is 30.0 Å². The average molecular weight is 759 g/mol. The number of nitrogens with zero attached hydrogens (tertiary/aromatic N) is 4. The second-order valence-corrected chi connectivity index (χ2v) is 14.0. The van der Waals surface area contributed by atoms with Gasteiger partial charge in [-0.2, -0.15) is 0 Å². The molecule has 6 rings (SSSR count). The minimum atomic E-state index is -1.01. The Hall–Kier alpha value is -4.80. The lowest BCUT2D eigenvalue weighted by molar-refractivity contribution is -0.136. The summed E-state index contributed by atoms with van der Waals surface area (Å²) >= 11 is 0. The van der Waals surface area contributed by atoms with Crippen molar-refractivity contribution in [1.29, 1.82) is 0 Å². The Kier molecular flexibility index (Phi) is 14.3. The number of ketones is 1. The quantitative estimate of drug-likeness (QED) is 0.108. The van der Waals surface area contributed by atoms with Crippen molar-refractivity contribution in [3.8, 4) is 0 Å². The third-order valence-electron chi connectivity index (χ3n) is 10.3. The number of rotatable bonds is 19. The molecule has 2 aromatic carbocycles. The van der Waals surface area contributed by atoms with Crippen LogP contribution in [0.15, 0.2) is 64.9 Å². The number of hydrogen-bond acceptors (Lipinski definition) is 13. The van der Waals surface area contributed by atoms with Crippen LogP contribution in [0.3, 0.4) is 0 Å². The summed E-state index contributed by atoms with van der Waals surface area (Å²) in [5.41, 5.74) is 2.34. The number of allylic oxidation sites excluding steroid dienone is 2. The van der Waals surface area contributed by atoms with Crippen LogP contribution in [0.4, 0.5) is 5.69 Å². The van der Waals surface area contributed by atoms with Gasteiger partial charge in [0.15, 0.2) is 5.78 Å². The van der Waals surface area contributed by atoms with Crippen molar-refractivity contribution >= 4 is 41.3 Å². The van der Waals surface area contributed by atoms with Gasteiger partial charge in [-0.3, -0.25) is 49.0 Å². The van der Waals surface area contributed by atoms with Crippen molar-refractivity contribution in [3.05, 3.63) is 76.6 Å². The molecule has 1 aliphatic carbocycles. The maximum absolute atomic E-state index is 13.2. The van der Waals surface area contributed by atoms with Crippen LogP contribution < -0.4 is 10.6 Å². The molecular weight excluding hydrogens is 708 g/mol. The first kappa shape index (κ1) is 39.9. The van der Waals surface area contributed by atoms with Crippen molar-refractivity contribution in [2.45, 2.75) is 37.6 Å². The summed E-state index contributed by atoms with van der Waals surface area (Å²) in [5.74, 6) is -2.07. The highest BCUT2D eigenvalue weighted by atomic mass is 16.5. The van der Waals surface area contributed by atoms with E-state index in [0.717, 1.165) is 49.7 Å². The molecule has 2 fully saturated rings. The van der Waals surface area contributed by atoms with Gasteiger partial charge in [0.25, 0.3) is 11.8 Å².